The summed E-state index contributed by atoms with van der Waals surface area (Å²) in [5.41, 5.74) is 1.03. The summed E-state index contributed by atoms with van der Waals surface area (Å²) in [6, 6.07) is 7.73. The summed E-state index contributed by atoms with van der Waals surface area (Å²) in [7, 11) is 1.63. The number of piperazine rings is 1. The highest BCUT2D eigenvalue weighted by Crippen LogP contribution is 2.17. The van der Waals surface area contributed by atoms with Crippen LogP contribution in [0, 0.1) is 5.92 Å². The second kappa shape index (κ2) is 9.19. The van der Waals surface area contributed by atoms with Gasteiger partial charge in [0.15, 0.2) is 0 Å². The summed E-state index contributed by atoms with van der Waals surface area (Å²) in [6.07, 6.45) is 0. The average molecular weight is 375 g/mol. The molecule has 3 rings (SSSR count). The van der Waals surface area contributed by atoms with E-state index in [2.05, 4.69) is 4.90 Å². The first-order chi connectivity index (χ1) is 13.1. The van der Waals surface area contributed by atoms with Crippen LogP contribution < -0.4 is 4.74 Å². The number of methoxy groups -OCH3 is 1. The van der Waals surface area contributed by atoms with Crippen LogP contribution in [0.4, 0.5) is 0 Å². The lowest BCUT2D eigenvalue weighted by molar-refractivity contribution is -0.148. The van der Waals surface area contributed by atoms with Gasteiger partial charge in [-0.3, -0.25) is 14.5 Å². The number of carbonyl (C=O) groups is 2. The van der Waals surface area contributed by atoms with E-state index in [9.17, 15) is 9.59 Å². The van der Waals surface area contributed by atoms with E-state index >= 15 is 0 Å². The zero-order valence-electron chi connectivity index (χ0n) is 16.2. The number of carbonyl (C=O) groups excluding carboxylic acids is 2. The quantitative estimate of drug-likeness (QED) is 0.737. The molecule has 148 valence electrons. The Morgan fingerprint density at radius 1 is 1.22 bits per heavy atom. The number of benzene rings is 1. The number of hydrogen-bond donors (Lipinski definition) is 0. The van der Waals surface area contributed by atoms with E-state index in [1.54, 1.807) is 12.0 Å². The van der Waals surface area contributed by atoms with Gasteiger partial charge in [-0.25, -0.2) is 0 Å². The number of nitrogens with zero attached hydrogens (tertiary/aromatic N) is 3. The van der Waals surface area contributed by atoms with Gasteiger partial charge in [0, 0.05) is 45.2 Å². The first kappa shape index (κ1) is 19.6. The molecule has 2 heterocycles. The average Bonchev–Trinajstić information content (AvgIpc) is 2.70. The van der Waals surface area contributed by atoms with Crippen LogP contribution in [-0.2, 0) is 20.9 Å². The number of rotatable bonds is 6. The van der Waals surface area contributed by atoms with Crippen molar-refractivity contribution in [1.82, 2.24) is 14.7 Å². The Morgan fingerprint density at radius 3 is 2.70 bits per heavy atom. The molecule has 1 aromatic carbocycles. The predicted octanol–water partition coefficient (Wildman–Crippen LogP) is 0.834. The van der Waals surface area contributed by atoms with E-state index in [1.165, 1.54) is 0 Å². The number of hydrogen-bond acceptors (Lipinski definition) is 5. The summed E-state index contributed by atoms with van der Waals surface area (Å²) in [5, 5.41) is 0. The van der Waals surface area contributed by atoms with Crippen LogP contribution in [0.2, 0.25) is 0 Å². The molecule has 2 aliphatic rings. The van der Waals surface area contributed by atoms with Gasteiger partial charge < -0.3 is 19.3 Å². The molecule has 0 aliphatic carbocycles. The predicted molar refractivity (Wildman–Crippen MR) is 101 cm³/mol. The van der Waals surface area contributed by atoms with Crippen LogP contribution in [0.3, 0.4) is 0 Å². The Bertz CT molecular complexity index is 660. The van der Waals surface area contributed by atoms with Gasteiger partial charge in [0.2, 0.25) is 11.8 Å². The maximum atomic E-state index is 12.7. The molecular weight excluding hydrogens is 346 g/mol. The van der Waals surface area contributed by atoms with Crippen LogP contribution in [0.5, 0.6) is 5.75 Å². The largest absolute Gasteiger partial charge is 0.497 e. The smallest absolute Gasteiger partial charge is 0.242 e. The molecule has 0 aromatic heterocycles. The van der Waals surface area contributed by atoms with Crippen molar-refractivity contribution in [3.8, 4) is 5.75 Å². The van der Waals surface area contributed by atoms with E-state index in [0.717, 1.165) is 44.2 Å². The van der Waals surface area contributed by atoms with E-state index < -0.39 is 0 Å². The van der Waals surface area contributed by atoms with Crippen molar-refractivity contribution >= 4 is 11.8 Å². The molecule has 0 N–H and O–H groups in total. The molecule has 0 saturated carbocycles. The minimum atomic E-state index is -0.110. The summed E-state index contributed by atoms with van der Waals surface area (Å²) >= 11 is 0. The zero-order chi connectivity index (χ0) is 19.2. The lowest BCUT2D eigenvalue weighted by Gasteiger charge is -2.36. The van der Waals surface area contributed by atoms with Crippen LogP contribution in [-0.4, -0.2) is 86.1 Å². The standard InChI is InChI=1S/C20H29N3O4/c1-16(13-21-8-10-27-11-9-21)20(25)23-7-6-22(19(24)15-23)14-17-4-3-5-18(12-17)26-2/h3-5,12,16H,6-11,13-15H2,1-2H3/t16-/m1/s1. The summed E-state index contributed by atoms with van der Waals surface area (Å²) in [5.74, 6) is 0.735. The Balaban J connectivity index is 1.51. The van der Waals surface area contributed by atoms with E-state index in [-0.39, 0.29) is 24.3 Å². The highest BCUT2D eigenvalue weighted by Gasteiger charge is 2.30. The van der Waals surface area contributed by atoms with Crippen molar-refractivity contribution in [2.75, 3.05) is 59.6 Å². The molecule has 27 heavy (non-hydrogen) atoms. The Kier molecular flexibility index (Phi) is 6.68. The van der Waals surface area contributed by atoms with Crippen LogP contribution in [0.1, 0.15) is 12.5 Å². The van der Waals surface area contributed by atoms with Crippen molar-refractivity contribution in [3.05, 3.63) is 29.8 Å². The van der Waals surface area contributed by atoms with Crippen LogP contribution in [0.15, 0.2) is 24.3 Å². The van der Waals surface area contributed by atoms with Gasteiger partial charge in [-0.15, -0.1) is 0 Å². The highest BCUT2D eigenvalue weighted by molar-refractivity contribution is 5.87. The minimum absolute atomic E-state index is 0.00371. The van der Waals surface area contributed by atoms with Crippen molar-refractivity contribution in [1.29, 1.82) is 0 Å². The lowest BCUT2D eigenvalue weighted by atomic mass is 10.1. The molecule has 0 spiro atoms. The molecule has 7 nitrogen and oxygen atoms in total. The molecule has 1 aromatic rings. The summed E-state index contributed by atoms with van der Waals surface area (Å²) in [4.78, 5) is 31.1. The highest BCUT2D eigenvalue weighted by atomic mass is 16.5. The third-order valence-corrected chi connectivity index (χ3v) is 5.20. The fourth-order valence-corrected chi connectivity index (χ4v) is 3.62. The lowest BCUT2D eigenvalue weighted by Crippen LogP contribution is -2.54. The topological polar surface area (TPSA) is 62.3 Å². The second-order valence-electron chi connectivity index (χ2n) is 7.24. The van der Waals surface area contributed by atoms with E-state index in [1.807, 2.05) is 36.1 Å². The summed E-state index contributed by atoms with van der Waals surface area (Å²) < 4.78 is 10.6. The van der Waals surface area contributed by atoms with Gasteiger partial charge in [-0.05, 0) is 17.7 Å². The fourth-order valence-electron chi connectivity index (χ4n) is 3.62. The van der Waals surface area contributed by atoms with Crippen molar-refractivity contribution < 1.29 is 19.1 Å². The number of morpholine rings is 1. The van der Waals surface area contributed by atoms with Crippen molar-refractivity contribution in [2.45, 2.75) is 13.5 Å². The fraction of sp³-hybridized carbons (Fsp3) is 0.600. The maximum absolute atomic E-state index is 12.7. The van der Waals surface area contributed by atoms with E-state index in [0.29, 0.717) is 19.6 Å². The van der Waals surface area contributed by atoms with Gasteiger partial charge >= 0.3 is 0 Å². The first-order valence-electron chi connectivity index (χ1n) is 9.56. The van der Waals surface area contributed by atoms with Crippen molar-refractivity contribution in [3.63, 3.8) is 0 Å². The molecule has 7 heteroatoms. The van der Waals surface area contributed by atoms with Gasteiger partial charge in [0.25, 0.3) is 0 Å². The second-order valence-corrected chi connectivity index (χ2v) is 7.24. The Morgan fingerprint density at radius 2 is 2.00 bits per heavy atom. The normalized spacial score (nSPS) is 19.9. The van der Waals surface area contributed by atoms with Gasteiger partial charge in [-0.2, -0.15) is 0 Å². The monoisotopic (exact) mass is 375 g/mol. The molecule has 2 amide bonds. The van der Waals surface area contributed by atoms with Crippen LogP contribution in [0.25, 0.3) is 0 Å². The first-order valence-corrected chi connectivity index (χ1v) is 9.56. The third-order valence-electron chi connectivity index (χ3n) is 5.20. The minimum Gasteiger partial charge on any atom is -0.497 e. The number of amides is 2. The van der Waals surface area contributed by atoms with E-state index in [4.69, 9.17) is 9.47 Å². The third kappa shape index (κ3) is 5.20. The SMILES string of the molecule is COc1cccc(CN2CCN(C(=O)[C@H](C)CN3CCOCC3)CC2=O)c1. The molecule has 0 bridgehead atoms. The molecule has 1 atom stereocenters. The summed E-state index contributed by atoms with van der Waals surface area (Å²) in [6.45, 7) is 7.71. The van der Waals surface area contributed by atoms with Crippen LogP contribution >= 0.6 is 0 Å². The molecule has 0 radical (unpaired) electrons. The van der Waals surface area contributed by atoms with Gasteiger partial charge in [-0.1, -0.05) is 19.1 Å². The maximum Gasteiger partial charge on any atom is 0.242 e. The Hall–Kier alpha value is -2.12. The molecule has 2 aliphatic heterocycles. The molecule has 0 unspecified atom stereocenters. The molecule has 2 fully saturated rings. The number of ether oxygens (including phenoxy) is 2. The molecular formula is C20H29N3O4. The zero-order valence-corrected chi connectivity index (χ0v) is 16.2. The van der Waals surface area contributed by atoms with Crippen molar-refractivity contribution in [2.24, 2.45) is 5.92 Å². The van der Waals surface area contributed by atoms with Gasteiger partial charge in [0.1, 0.15) is 5.75 Å². The Labute approximate surface area is 160 Å². The van der Waals surface area contributed by atoms with Gasteiger partial charge in [0.05, 0.1) is 26.9 Å². The molecule has 2 saturated heterocycles.